The molecule has 0 atom stereocenters. The van der Waals surface area contributed by atoms with Gasteiger partial charge in [0.15, 0.2) is 0 Å². The lowest BCUT2D eigenvalue weighted by molar-refractivity contribution is -0.139. The first-order valence-electron chi connectivity index (χ1n) is 5.22. The number of carbonyl (C=O) groups is 2. The molecule has 98 valence electrons. The number of aromatic nitrogens is 2. The van der Waals surface area contributed by atoms with Gasteiger partial charge in [-0.1, -0.05) is 0 Å². The highest BCUT2D eigenvalue weighted by Gasteiger charge is 2.20. The Morgan fingerprint density at radius 3 is 2.17 bits per heavy atom. The summed E-state index contributed by atoms with van der Waals surface area (Å²) in [5.74, 6) is -0.639. The molecule has 0 spiro atoms. The number of methoxy groups -OCH3 is 1. The fourth-order valence-corrected chi connectivity index (χ4v) is 1.50. The number of ether oxygens (including phenoxy) is 1. The van der Waals surface area contributed by atoms with Gasteiger partial charge in [-0.2, -0.15) is 0 Å². The second-order valence-corrected chi connectivity index (χ2v) is 4.48. The van der Waals surface area contributed by atoms with Gasteiger partial charge in [-0.25, -0.2) is 9.97 Å². The summed E-state index contributed by atoms with van der Waals surface area (Å²) in [4.78, 5) is 32.3. The molecule has 0 aromatic carbocycles. The van der Waals surface area contributed by atoms with E-state index >= 15 is 0 Å². The van der Waals surface area contributed by atoms with E-state index in [1.807, 2.05) is 0 Å². The molecule has 1 aromatic rings. The van der Waals surface area contributed by atoms with Crippen LogP contribution in [0.5, 0.6) is 0 Å². The van der Waals surface area contributed by atoms with Crippen molar-refractivity contribution in [1.82, 2.24) is 9.97 Å². The minimum absolute atomic E-state index is 0.200. The van der Waals surface area contributed by atoms with Gasteiger partial charge in [-0.3, -0.25) is 14.5 Å². The minimum atomic E-state index is -0.521. The highest BCUT2D eigenvalue weighted by atomic mass is 79.9. The molecule has 0 aliphatic heterocycles. The average molecular weight is 316 g/mol. The van der Waals surface area contributed by atoms with Crippen LogP contribution in [0.1, 0.15) is 18.3 Å². The Morgan fingerprint density at radius 1 is 1.28 bits per heavy atom. The zero-order valence-electron chi connectivity index (χ0n) is 10.7. The van der Waals surface area contributed by atoms with E-state index in [-0.39, 0.29) is 18.4 Å². The number of carbonyl (C=O) groups excluding carboxylic acids is 2. The van der Waals surface area contributed by atoms with Crippen molar-refractivity contribution in [3.8, 4) is 0 Å². The Bertz CT molecular complexity index is 467. The number of esters is 1. The predicted octanol–water partition coefficient (Wildman–Crippen LogP) is 1.38. The number of hydrogen-bond acceptors (Lipinski definition) is 5. The molecule has 0 N–H and O–H groups in total. The third kappa shape index (κ3) is 3.25. The van der Waals surface area contributed by atoms with Crippen molar-refractivity contribution >= 4 is 33.8 Å². The van der Waals surface area contributed by atoms with Crippen molar-refractivity contribution in [1.29, 1.82) is 0 Å². The number of anilines is 1. The van der Waals surface area contributed by atoms with Gasteiger partial charge in [0, 0.05) is 6.92 Å². The van der Waals surface area contributed by atoms with Gasteiger partial charge in [0.2, 0.25) is 11.9 Å². The van der Waals surface area contributed by atoms with Crippen molar-refractivity contribution in [2.75, 3.05) is 18.6 Å². The van der Waals surface area contributed by atoms with Gasteiger partial charge in [-0.15, -0.1) is 0 Å². The van der Waals surface area contributed by atoms with E-state index in [4.69, 9.17) is 0 Å². The molecule has 0 saturated heterocycles. The molecular formula is C11H14BrN3O3. The zero-order chi connectivity index (χ0) is 13.9. The fourth-order valence-electron chi connectivity index (χ4n) is 1.32. The highest BCUT2D eigenvalue weighted by molar-refractivity contribution is 9.10. The van der Waals surface area contributed by atoms with Crippen LogP contribution >= 0.6 is 15.9 Å². The van der Waals surface area contributed by atoms with E-state index in [1.165, 1.54) is 18.9 Å². The molecule has 1 heterocycles. The summed E-state index contributed by atoms with van der Waals surface area (Å²) in [5, 5.41) is 0. The topological polar surface area (TPSA) is 72.4 Å². The Morgan fingerprint density at radius 2 is 1.78 bits per heavy atom. The molecule has 0 fully saturated rings. The van der Waals surface area contributed by atoms with Crippen LogP contribution in [0.15, 0.2) is 4.47 Å². The van der Waals surface area contributed by atoms with E-state index in [1.54, 1.807) is 13.8 Å². The molecule has 0 radical (unpaired) electrons. The maximum atomic E-state index is 11.5. The van der Waals surface area contributed by atoms with Crippen molar-refractivity contribution in [2.24, 2.45) is 0 Å². The first-order chi connectivity index (χ1) is 8.36. The number of rotatable bonds is 3. The maximum absolute atomic E-state index is 11.5. The molecule has 0 unspecified atom stereocenters. The van der Waals surface area contributed by atoms with Crippen LogP contribution in [-0.4, -0.2) is 35.5 Å². The zero-order valence-corrected chi connectivity index (χ0v) is 12.2. The SMILES string of the molecule is COC(=O)CN(C(C)=O)c1nc(C)c(Br)c(C)n1. The average Bonchev–Trinajstić information content (AvgIpc) is 2.31. The lowest BCUT2D eigenvalue weighted by Gasteiger charge is -2.18. The number of hydrogen-bond donors (Lipinski definition) is 0. The van der Waals surface area contributed by atoms with Crippen molar-refractivity contribution in [3.05, 3.63) is 15.9 Å². The Balaban J connectivity index is 3.14. The molecule has 1 aromatic heterocycles. The van der Waals surface area contributed by atoms with Gasteiger partial charge in [0.1, 0.15) is 6.54 Å². The van der Waals surface area contributed by atoms with E-state index in [0.717, 1.165) is 4.47 Å². The third-order valence-corrected chi connectivity index (χ3v) is 3.45. The summed E-state index contributed by atoms with van der Waals surface area (Å²) in [6, 6.07) is 0. The van der Waals surface area contributed by atoms with Crippen molar-refractivity contribution in [2.45, 2.75) is 20.8 Å². The maximum Gasteiger partial charge on any atom is 0.325 e. The summed E-state index contributed by atoms with van der Waals surface area (Å²) in [6.07, 6.45) is 0. The van der Waals surface area contributed by atoms with E-state index in [0.29, 0.717) is 11.4 Å². The summed E-state index contributed by atoms with van der Waals surface area (Å²) in [5.41, 5.74) is 1.40. The molecule has 7 heteroatoms. The summed E-state index contributed by atoms with van der Waals surface area (Å²) in [7, 11) is 1.26. The molecular weight excluding hydrogens is 302 g/mol. The second-order valence-electron chi connectivity index (χ2n) is 3.69. The third-order valence-electron chi connectivity index (χ3n) is 2.31. The van der Waals surface area contributed by atoms with E-state index < -0.39 is 5.97 Å². The second kappa shape index (κ2) is 5.90. The smallest absolute Gasteiger partial charge is 0.325 e. The molecule has 0 saturated carbocycles. The molecule has 18 heavy (non-hydrogen) atoms. The molecule has 0 bridgehead atoms. The van der Waals surface area contributed by atoms with Crippen molar-refractivity contribution in [3.63, 3.8) is 0 Å². The predicted molar refractivity (Wildman–Crippen MR) is 69.2 cm³/mol. The minimum Gasteiger partial charge on any atom is -0.468 e. The standard InChI is InChI=1S/C11H14BrN3O3/c1-6-10(12)7(2)14-11(13-6)15(8(3)16)5-9(17)18-4/h5H2,1-4H3. The van der Waals surface area contributed by atoms with Gasteiger partial charge >= 0.3 is 5.97 Å². The van der Waals surface area contributed by atoms with E-state index in [2.05, 4.69) is 30.6 Å². The first-order valence-corrected chi connectivity index (χ1v) is 6.01. The van der Waals surface area contributed by atoms with Crippen LogP contribution in [-0.2, 0) is 14.3 Å². The Labute approximate surface area is 113 Å². The van der Waals surface area contributed by atoms with Gasteiger partial charge in [0.05, 0.1) is 23.0 Å². The van der Waals surface area contributed by atoms with Crippen LogP contribution in [0.2, 0.25) is 0 Å². The number of amides is 1. The molecule has 1 rings (SSSR count). The normalized spacial score (nSPS) is 10.1. The number of halogens is 1. The lowest BCUT2D eigenvalue weighted by atomic mass is 10.3. The van der Waals surface area contributed by atoms with Gasteiger partial charge < -0.3 is 4.74 Å². The summed E-state index contributed by atoms with van der Waals surface area (Å²) in [6.45, 7) is 4.73. The fraction of sp³-hybridized carbons (Fsp3) is 0.455. The van der Waals surface area contributed by atoms with Crippen molar-refractivity contribution < 1.29 is 14.3 Å². The van der Waals surface area contributed by atoms with Crippen LogP contribution in [0.4, 0.5) is 5.95 Å². The van der Waals surface area contributed by atoms with Crippen LogP contribution in [0.3, 0.4) is 0 Å². The largest absolute Gasteiger partial charge is 0.468 e. The number of aryl methyl sites for hydroxylation is 2. The highest BCUT2D eigenvalue weighted by Crippen LogP contribution is 2.20. The summed E-state index contributed by atoms with van der Waals surface area (Å²) < 4.78 is 5.32. The van der Waals surface area contributed by atoms with Crippen LogP contribution in [0, 0.1) is 13.8 Å². The van der Waals surface area contributed by atoms with E-state index in [9.17, 15) is 9.59 Å². The number of nitrogens with zero attached hydrogens (tertiary/aromatic N) is 3. The molecule has 0 aliphatic rings. The molecule has 6 nitrogen and oxygen atoms in total. The summed E-state index contributed by atoms with van der Waals surface area (Å²) >= 11 is 3.34. The lowest BCUT2D eigenvalue weighted by Crippen LogP contribution is -2.36. The van der Waals surface area contributed by atoms with Gasteiger partial charge in [0.25, 0.3) is 0 Å². The van der Waals surface area contributed by atoms with Crippen LogP contribution < -0.4 is 4.90 Å². The molecule has 1 amide bonds. The quantitative estimate of drug-likeness (QED) is 0.788. The van der Waals surface area contributed by atoms with Gasteiger partial charge in [-0.05, 0) is 29.8 Å². The molecule has 0 aliphatic carbocycles. The Kier molecular flexibility index (Phi) is 4.77. The Hall–Kier alpha value is -1.50. The van der Waals surface area contributed by atoms with Crippen LogP contribution in [0.25, 0.3) is 0 Å². The monoisotopic (exact) mass is 315 g/mol. The first kappa shape index (κ1) is 14.6.